The third kappa shape index (κ3) is 7.12. The van der Waals surface area contributed by atoms with Crippen molar-refractivity contribution in [2.75, 3.05) is 18.9 Å². The zero-order chi connectivity index (χ0) is 31.2. The van der Waals surface area contributed by atoms with E-state index in [-0.39, 0.29) is 17.0 Å². The lowest BCUT2D eigenvalue weighted by Crippen LogP contribution is -2.43. The Morgan fingerprint density at radius 3 is 2.21 bits per heavy atom. The van der Waals surface area contributed by atoms with Gasteiger partial charge < -0.3 is 64.3 Å². The maximum Gasteiger partial charge on any atom is 0.338 e. The number of nitrogens with zero attached hydrogens (tertiary/aromatic N) is 4. The number of phosphoric ester groups is 2. The fourth-order valence-electron chi connectivity index (χ4n) is 3.90. The van der Waals surface area contributed by atoms with E-state index < -0.39 is 89.6 Å². The summed E-state index contributed by atoms with van der Waals surface area (Å²) in [5, 5.41) is 50.5. The van der Waals surface area contributed by atoms with Gasteiger partial charge in [0.05, 0.1) is 19.5 Å². The second-order valence-electron chi connectivity index (χ2n) is 9.68. The molecule has 2 aromatic heterocycles. The summed E-state index contributed by atoms with van der Waals surface area (Å²) in [6, 6.07) is 0. The molecular formula is C19H27N5O16P2-2. The van der Waals surface area contributed by atoms with E-state index in [0.717, 1.165) is 20.2 Å². The minimum atomic E-state index is -5.72. The minimum Gasteiger partial charge on any atom is -0.756 e. The highest BCUT2D eigenvalue weighted by molar-refractivity contribution is 7.59. The number of imidazole rings is 1. The van der Waals surface area contributed by atoms with Crippen molar-refractivity contribution in [2.24, 2.45) is 0 Å². The molecule has 0 spiro atoms. The van der Waals surface area contributed by atoms with E-state index in [1.165, 1.54) is 10.9 Å². The maximum atomic E-state index is 12.2. The molecule has 10 atom stereocenters. The molecular weight excluding hydrogens is 616 g/mol. The Balaban J connectivity index is 1.30. The number of nitrogens with two attached hydrogens (primary N) is 1. The fraction of sp³-hybridized carbons (Fsp3) is 0.684. The zero-order valence-electron chi connectivity index (χ0n) is 21.7. The first-order chi connectivity index (χ1) is 19.4. The number of aromatic nitrogens is 4. The van der Waals surface area contributed by atoms with Crippen LogP contribution in [0.15, 0.2) is 12.7 Å². The van der Waals surface area contributed by atoms with E-state index in [9.17, 15) is 49.2 Å². The first kappa shape index (κ1) is 32.7. The van der Waals surface area contributed by atoms with Crippen molar-refractivity contribution >= 4 is 38.6 Å². The van der Waals surface area contributed by atoms with Gasteiger partial charge in [-0.15, -0.1) is 0 Å². The molecule has 0 radical (unpaired) electrons. The van der Waals surface area contributed by atoms with Crippen molar-refractivity contribution in [3.8, 4) is 0 Å². The Bertz CT molecular complexity index is 1390. The smallest absolute Gasteiger partial charge is 0.338 e. The Morgan fingerprint density at radius 2 is 1.62 bits per heavy atom. The lowest BCUT2D eigenvalue weighted by molar-refractivity contribution is -0.247. The van der Waals surface area contributed by atoms with E-state index in [2.05, 4.69) is 28.3 Å². The highest BCUT2D eigenvalue weighted by Crippen LogP contribution is 2.56. The largest absolute Gasteiger partial charge is 0.756 e. The minimum absolute atomic E-state index is 0.0274. The SMILES string of the molecule is CC(C)(O)C(=O)O[C@H]1C(O)O[C@H](COP(=O)([O-])OP(=O)([O-])OC[C@H]2O[C@@H](n3cnc4c(N)ncnc43)[C@H](O)[C@@H]2O)[C@H]1O. The molecule has 23 heteroatoms. The molecule has 0 amide bonds. The molecule has 0 saturated carbocycles. The highest BCUT2D eigenvalue weighted by Gasteiger charge is 2.48. The van der Waals surface area contributed by atoms with Crippen LogP contribution in [0.2, 0.25) is 0 Å². The van der Waals surface area contributed by atoms with Gasteiger partial charge in [0.25, 0.3) is 15.6 Å². The van der Waals surface area contributed by atoms with Crippen LogP contribution < -0.4 is 15.5 Å². The number of aliphatic hydroxyl groups excluding tert-OH is 4. The third-order valence-corrected chi connectivity index (χ3v) is 8.58. The maximum absolute atomic E-state index is 12.2. The van der Waals surface area contributed by atoms with E-state index in [1.54, 1.807) is 0 Å². The Morgan fingerprint density at radius 1 is 1.02 bits per heavy atom. The molecule has 2 aromatic rings. The molecule has 7 N–H and O–H groups in total. The van der Waals surface area contributed by atoms with Crippen LogP contribution in [-0.2, 0) is 41.5 Å². The van der Waals surface area contributed by atoms with E-state index in [1.807, 2.05) is 0 Å². The highest BCUT2D eigenvalue weighted by atomic mass is 31.3. The topological polar surface area (TPSA) is 323 Å². The molecule has 2 aliphatic heterocycles. The van der Waals surface area contributed by atoms with Crippen molar-refractivity contribution in [2.45, 2.75) is 68.6 Å². The number of anilines is 1. The van der Waals surface area contributed by atoms with Crippen LogP contribution in [0.25, 0.3) is 11.2 Å². The first-order valence-electron chi connectivity index (χ1n) is 11.9. The van der Waals surface area contributed by atoms with Crippen LogP contribution in [0.3, 0.4) is 0 Å². The van der Waals surface area contributed by atoms with E-state index in [4.69, 9.17) is 19.9 Å². The molecule has 21 nitrogen and oxygen atoms in total. The standard InChI is InChI=1S/C19H29N5O16P2/c1-19(2,30)18(29)39-13-11(26)8(38-17(13)28)4-36-42(33,34)40-41(31,32)35-3-7-10(25)12(27)16(37-7)24-6-23-9-14(20)21-5-22-15(9)24/h5-8,10-13,16-17,25-28,30H,3-4H2,1-2H3,(H,31,32)(H,33,34)(H2,20,21,22)/p-2/t7-,8-,10-,11-,12-,13-,16-,17?/m1/s1. The molecule has 0 bridgehead atoms. The number of carbonyl (C=O) groups excluding carboxylic acids is 1. The van der Waals surface area contributed by atoms with Gasteiger partial charge in [0, 0.05) is 0 Å². The molecule has 0 aliphatic carbocycles. The van der Waals surface area contributed by atoms with E-state index >= 15 is 0 Å². The molecule has 2 aliphatic rings. The summed E-state index contributed by atoms with van der Waals surface area (Å²) >= 11 is 0. The van der Waals surface area contributed by atoms with Gasteiger partial charge in [0.2, 0.25) is 0 Å². The van der Waals surface area contributed by atoms with Gasteiger partial charge in [-0.3, -0.25) is 13.7 Å². The predicted octanol–water partition coefficient (Wildman–Crippen LogP) is -4.22. The van der Waals surface area contributed by atoms with Gasteiger partial charge >= 0.3 is 5.97 Å². The quantitative estimate of drug-likeness (QED) is 0.0997. The normalized spacial score (nSPS) is 33.0. The van der Waals surface area contributed by atoms with Crippen molar-refractivity contribution in [3.05, 3.63) is 12.7 Å². The molecule has 3 unspecified atom stereocenters. The van der Waals surface area contributed by atoms with Gasteiger partial charge in [-0.05, 0) is 13.8 Å². The summed E-state index contributed by atoms with van der Waals surface area (Å²) in [6.45, 7) is 0.0453. The number of nitrogen functional groups attached to an aromatic ring is 1. The number of phosphoric acid groups is 2. The molecule has 236 valence electrons. The van der Waals surface area contributed by atoms with Crippen molar-refractivity contribution in [1.82, 2.24) is 19.5 Å². The number of ether oxygens (including phenoxy) is 3. The summed E-state index contributed by atoms with van der Waals surface area (Å²) in [5.41, 5.74) is 4.03. The number of esters is 1. The first-order valence-corrected chi connectivity index (χ1v) is 14.8. The lowest BCUT2D eigenvalue weighted by atomic mass is 10.1. The average molecular weight is 643 g/mol. The second kappa shape index (κ2) is 12.1. The van der Waals surface area contributed by atoms with Crippen molar-refractivity contribution < 1.29 is 76.8 Å². The predicted molar refractivity (Wildman–Crippen MR) is 127 cm³/mol. The number of aliphatic hydroxyl groups is 5. The van der Waals surface area contributed by atoms with Crippen LogP contribution >= 0.6 is 15.6 Å². The third-order valence-electron chi connectivity index (χ3n) is 6.05. The van der Waals surface area contributed by atoms with Crippen LogP contribution in [0.4, 0.5) is 5.82 Å². The number of fused-ring (bicyclic) bond motifs is 1. The Labute approximate surface area is 235 Å². The summed E-state index contributed by atoms with van der Waals surface area (Å²) < 4.78 is 53.5. The molecule has 2 saturated heterocycles. The number of hydrogen-bond donors (Lipinski definition) is 6. The molecule has 42 heavy (non-hydrogen) atoms. The van der Waals surface area contributed by atoms with E-state index in [0.29, 0.717) is 0 Å². The summed E-state index contributed by atoms with van der Waals surface area (Å²) in [7, 11) is -11.4. The monoisotopic (exact) mass is 643 g/mol. The lowest BCUT2D eigenvalue weighted by Gasteiger charge is -2.32. The fourth-order valence-corrected chi connectivity index (χ4v) is 5.92. The van der Waals surface area contributed by atoms with Crippen LogP contribution in [0.1, 0.15) is 20.1 Å². The molecule has 4 heterocycles. The van der Waals surface area contributed by atoms with Gasteiger partial charge in [-0.25, -0.2) is 24.1 Å². The average Bonchev–Trinajstić information content (AvgIpc) is 3.51. The van der Waals surface area contributed by atoms with Gasteiger partial charge in [0.1, 0.15) is 42.4 Å². The number of rotatable bonds is 11. The van der Waals surface area contributed by atoms with Gasteiger partial charge in [0.15, 0.2) is 35.7 Å². The summed E-state index contributed by atoms with van der Waals surface area (Å²) in [6.07, 6.45) is -11.0. The molecule has 2 fully saturated rings. The summed E-state index contributed by atoms with van der Waals surface area (Å²) in [5.74, 6) is -1.20. The zero-order valence-corrected chi connectivity index (χ0v) is 23.5. The second-order valence-corrected chi connectivity index (χ2v) is 12.6. The van der Waals surface area contributed by atoms with Crippen LogP contribution in [0.5, 0.6) is 0 Å². The van der Waals surface area contributed by atoms with Crippen molar-refractivity contribution in [1.29, 1.82) is 0 Å². The Hall–Kier alpha value is -2.20. The number of hydrogen-bond acceptors (Lipinski definition) is 20. The van der Waals surface area contributed by atoms with Crippen LogP contribution in [0, 0.1) is 0 Å². The molecule has 4 rings (SSSR count). The van der Waals surface area contributed by atoms with Crippen molar-refractivity contribution in [3.63, 3.8) is 0 Å². The van der Waals surface area contributed by atoms with Crippen LogP contribution in [-0.4, -0.2) is 113 Å². The molecule has 0 aromatic carbocycles. The summed E-state index contributed by atoms with van der Waals surface area (Å²) in [4.78, 5) is 47.8. The Kier molecular flexibility index (Phi) is 9.39. The van der Waals surface area contributed by atoms with Gasteiger partial charge in [-0.1, -0.05) is 0 Å². The number of carbonyl (C=O) groups is 1. The van der Waals surface area contributed by atoms with Gasteiger partial charge in [-0.2, -0.15) is 0 Å².